The number of nitrogens with one attached hydrogen (secondary N) is 1. The molecule has 0 amide bonds. The standard InChI is InChI=1S/C20H28N6O2/c1-14-12-15(2)17(16(3)13-14)21-18-22-19(25-4-8-27-9-5-25)24-20(23-18)26-6-10-28-11-7-26/h12-13H,4-11H2,1-3H3,(H,21,22,23,24). The number of hydrogen-bond donors (Lipinski definition) is 1. The Hall–Kier alpha value is -2.45. The molecule has 2 fully saturated rings. The Morgan fingerprint density at radius 3 is 1.68 bits per heavy atom. The maximum Gasteiger partial charge on any atom is 0.233 e. The number of nitrogens with zero attached hydrogens (tertiary/aromatic N) is 5. The van der Waals surface area contributed by atoms with Crippen LogP contribution in [0.2, 0.25) is 0 Å². The fourth-order valence-electron chi connectivity index (χ4n) is 3.71. The summed E-state index contributed by atoms with van der Waals surface area (Å²) in [5.41, 5.74) is 4.66. The molecule has 1 aromatic carbocycles. The molecule has 8 nitrogen and oxygen atoms in total. The number of morpholine rings is 2. The zero-order chi connectivity index (χ0) is 19.5. The molecule has 1 N–H and O–H groups in total. The number of benzene rings is 1. The molecule has 2 aliphatic rings. The van der Waals surface area contributed by atoms with Crippen LogP contribution in [0, 0.1) is 20.8 Å². The van der Waals surface area contributed by atoms with Crippen molar-refractivity contribution in [3.63, 3.8) is 0 Å². The summed E-state index contributed by atoms with van der Waals surface area (Å²) in [7, 11) is 0. The summed E-state index contributed by atoms with van der Waals surface area (Å²) >= 11 is 0. The highest BCUT2D eigenvalue weighted by Crippen LogP contribution is 2.26. The highest BCUT2D eigenvalue weighted by atomic mass is 16.5. The Morgan fingerprint density at radius 1 is 0.750 bits per heavy atom. The zero-order valence-electron chi connectivity index (χ0n) is 16.9. The second-order valence-electron chi connectivity index (χ2n) is 7.36. The molecule has 0 atom stereocenters. The third-order valence-electron chi connectivity index (χ3n) is 5.11. The van der Waals surface area contributed by atoms with Gasteiger partial charge in [0.25, 0.3) is 0 Å². The first kappa shape index (κ1) is 18.9. The summed E-state index contributed by atoms with van der Waals surface area (Å²) < 4.78 is 11.0. The molecule has 2 aliphatic heterocycles. The van der Waals surface area contributed by atoms with E-state index in [1.165, 1.54) is 16.7 Å². The first-order valence-electron chi connectivity index (χ1n) is 9.86. The molecule has 8 heteroatoms. The molecule has 0 unspecified atom stereocenters. The van der Waals surface area contributed by atoms with Crippen LogP contribution in [0.4, 0.5) is 23.5 Å². The van der Waals surface area contributed by atoms with Gasteiger partial charge in [-0.25, -0.2) is 0 Å². The summed E-state index contributed by atoms with van der Waals surface area (Å²) in [6.45, 7) is 12.2. The van der Waals surface area contributed by atoms with Crippen molar-refractivity contribution >= 4 is 23.5 Å². The second kappa shape index (κ2) is 8.28. The Labute approximate surface area is 165 Å². The fraction of sp³-hybridized carbons (Fsp3) is 0.550. The van der Waals surface area contributed by atoms with Gasteiger partial charge in [-0.05, 0) is 31.9 Å². The highest BCUT2D eigenvalue weighted by Gasteiger charge is 2.21. The van der Waals surface area contributed by atoms with Crippen molar-refractivity contribution in [3.8, 4) is 0 Å². The molecule has 0 saturated carbocycles. The van der Waals surface area contributed by atoms with Crippen LogP contribution in [0.5, 0.6) is 0 Å². The lowest BCUT2D eigenvalue weighted by Gasteiger charge is -2.30. The molecular weight excluding hydrogens is 356 g/mol. The predicted octanol–water partition coefficient (Wildman–Crippen LogP) is 2.21. The quantitative estimate of drug-likeness (QED) is 0.860. The van der Waals surface area contributed by atoms with E-state index in [9.17, 15) is 0 Å². The SMILES string of the molecule is Cc1cc(C)c(Nc2nc(N3CCOCC3)nc(N3CCOCC3)n2)c(C)c1. The minimum Gasteiger partial charge on any atom is -0.378 e. The van der Waals surface area contributed by atoms with E-state index < -0.39 is 0 Å². The molecule has 0 radical (unpaired) electrons. The maximum absolute atomic E-state index is 5.48. The van der Waals surface area contributed by atoms with Crippen molar-refractivity contribution in [1.82, 2.24) is 15.0 Å². The number of aryl methyl sites for hydroxylation is 3. The summed E-state index contributed by atoms with van der Waals surface area (Å²) in [6, 6.07) is 4.34. The van der Waals surface area contributed by atoms with Crippen LogP contribution in [0.15, 0.2) is 12.1 Å². The molecule has 2 aromatic rings. The number of aromatic nitrogens is 3. The normalized spacial score (nSPS) is 17.7. The van der Waals surface area contributed by atoms with Crippen molar-refractivity contribution in [1.29, 1.82) is 0 Å². The molecule has 28 heavy (non-hydrogen) atoms. The Kier molecular flexibility index (Phi) is 5.59. The molecule has 0 spiro atoms. The third kappa shape index (κ3) is 4.18. The molecule has 3 heterocycles. The lowest BCUT2D eigenvalue weighted by Crippen LogP contribution is -2.40. The maximum atomic E-state index is 5.48. The van der Waals surface area contributed by atoms with E-state index in [0.29, 0.717) is 44.3 Å². The van der Waals surface area contributed by atoms with E-state index in [1.807, 2.05) is 0 Å². The van der Waals surface area contributed by atoms with E-state index in [2.05, 4.69) is 48.0 Å². The van der Waals surface area contributed by atoms with E-state index in [-0.39, 0.29) is 0 Å². The zero-order valence-corrected chi connectivity index (χ0v) is 16.9. The number of ether oxygens (including phenoxy) is 2. The van der Waals surface area contributed by atoms with E-state index >= 15 is 0 Å². The Bertz CT molecular complexity index is 772. The molecule has 4 rings (SSSR count). The van der Waals surface area contributed by atoms with Crippen molar-refractivity contribution in [2.24, 2.45) is 0 Å². The van der Waals surface area contributed by atoms with Gasteiger partial charge in [0, 0.05) is 31.9 Å². The number of anilines is 4. The van der Waals surface area contributed by atoms with Crippen molar-refractivity contribution in [2.75, 3.05) is 67.7 Å². The monoisotopic (exact) mass is 384 g/mol. The predicted molar refractivity (Wildman–Crippen MR) is 110 cm³/mol. The van der Waals surface area contributed by atoms with Gasteiger partial charge in [-0.15, -0.1) is 0 Å². The van der Waals surface area contributed by atoms with Crippen LogP contribution >= 0.6 is 0 Å². The van der Waals surface area contributed by atoms with Crippen molar-refractivity contribution in [3.05, 3.63) is 28.8 Å². The third-order valence-corrected chi connectivity index (χ3v) is 5.11. The molecular formula is C20H28N6O2. The largest absolute Gasteiger partial charge is 0.378 e. The molecule has 150 valence electrons. The summed E-state index contributed by atoms with van der Waals surface area (Å²) in [6.07, 6.45) is 0. The molecule has 0 bridgehead atoms. The fourth-order valence-corrected chi connectivity index (χ4v) is 3.71. The molecule has 2 saturated heterocycles. The van der Waals surface area contributed by atoms with Gasteiger partial charge in [-0.3, -0.25) is 0 Å². The number of rotatable bonds is 4. The Balaban J connectivity index is 1.69. The van der Waals surface area contributed by atoms with Crippen molar-refractivity contribution in [2.45, 2.75) is 20.8 Å². The summed E-state index contributed by atoms with van der Waals surface area (Å²) in [5, 5.41) is 3.45. The summed E-state index contributed by atoms with van der Waals surface area (Å²) in [4.78, 5) is 18.5. The van der Waals surface area contributed by atoms with Gasteiger partial charge in [0.2, 0.25) is 17.8 Å². The van der Waals surface area contributed by atoms with Crippen molar-refractivity contribution < 1.29 is 9.47 Å². The first-order valence-corrected chi connectivity index (χ1v) is 9.86. The van der Waals surface area contributed by atoms with E-state index in [4.69, 9.17) is 24.4 Å². The van der Waals surface area contributed by atoms with Gasteiger partial charge in [-0.2, -0.15) is 15.0 Å². The average molecular weight is 384 g/mol. The summed E-state index contributed by atoms with van der Waals surface area (Å²) in [5.74, 6) is 1.97. The lowest BCUT2D eigenvalue weighted by molar-refractivity contribution is 0.121. The van der Waals surface area contributed by atoms with E-state index in [0.717, 1.165) is 31.9 Å². The average Bonchev–Trinajstić information content (AvgIpc) is 2.72. The highest BCUT2D eigenvalue weighted by molar-refractivity contribution is 5.65. The van der Waals surface area contributed by atoms with Crippen LogP contribution < -0.4 is 15.1 Å². The number of hydrogen-bond acceptors (Lipinski definition) is 8. The topological polar surface area (TPSA) is 75.6 Å². The molecule has 1 aromatic heterocycles. The van der Waals surface area contributed by atoms with Gasteiger partial charge < -0.3 is 24.6 Å². The minimum absolute atomic E-state index is 0.577. The van der Waals surface area contributed by atoms with Gasteiger partial charge in [0.1, 0.15) is 0 Å². The van der Waals surface area contributed by atoms with Crippen LogP contribution in [-0.4, -0.2) is 67.6 Å². The Morgan fingerprint density at radius 2 is 1.21 bits per heavy atom. The van der Waals surface area contributed by atoms with Gasteiger partial charge in [-0.1, -0.05) is 17.7 Å². The molecule has 0 aliphatic carbocycles. The van der Waals surface area contributed by atoms with Crippen LogP contribution in [-0.2, 0) is 9.47 Å². The van der Waals surface area contributed by atoms with Gasteiger partial charge in [0.05, 0.1) is 26.4 Å². The minimum atomic E-state index is 0.577. The van der Waals surface area contributed by atoms with E-state index in [1.54, 1.807) is 0 Å². The van der Waals surface area contributed by atoms with Gasteiger partial charge in [0.15, 0.2) is 0 Å². The smallest absolute Gasteiger partial charge is 0.233 e. The second-order valence-corrected chi connectivity index (χ2v) is 7.36. The van der Waals surface area contributed by atoms with Crippen LogP contribution in [0.25, 0.3) is 0 Å². The van der Waals surface area contributed by atoms with Crippen LogP contribution in [0.3, 0.4) is 0 Å². The lowest BCUT2D eigenvalue weighted by atomic mass is 10.1. The first-order chi connectivity index (χ1) is 13.6. The van der Waals surface area contributed by atoms with Gasteiger partial charge >= 0.3 is 0 Å². The van der Waals surface area contributed by atoms with Crippen LogP contribution in [0.1, 0.15) is 16.7 Å².